The van der Waals surface area contributed by atoms with Gasteiger partial charge in [-0.1, -0.05) is 6.07 Å². The number of nitrogens with zero attached hydrogens (tertiary/aromatic N) is 2. The molecule has 0 aliphatic carbocycles. The Labute approximate surface area is 154 Å². The molecule has 1 aliphatic rings. The van der Waals surface area contributed by atoms with E-state index in [0.717, 1.165) is 30.1 Å². The first-order valence-corrected chi connectivity index (χ1v) is 8.97. The highest BCUT2D eigenvalue weighted by Crippen LogP contribution is 2.20. The van der Waals surface area contributed by atoms with Crippen molar-refractivity contribution < 1.29 is 13.9 Å². The maximum absolute atomic E-state index is 13.1. The Hall–Kier alpha value is -2.56. The number of anilines is 1. The molecule has 0 bridgehead atoms. The summed E-state index contributed by atoms with van der Waals surface area (Å²) < 4.78 is 18.9. The van der Waals surface area contributed by atoms with Gasteiger partial charge in [-0.15, -0.1) is 0 Å². The van der Waals surface area contributed by atoms with Crippen LogP contribution in [0.25, 0.3) is 0 Å². The number of hydrogen-bond donors (Lipinski definition) is 0. The Bertz CT molecular complexity index is 768. The molecule has 1 atom stereocenters. The number of rotatable bonds is 4. The Kier molecular flexibility index (Phi) is 5.45. The van der Waals surface area contributed by atoms with Gasteiger partial charge in [-0.2, -0.15) is 0 Å². The molecular formula is C21H25FN2O2. The number of carbonyl (C=O) groups is 1. The lowest BCUT2D eigenvalue weighted by atomic mass is 10.1. The minimum Gasteiger partial charge on any atom is -0.481 e. The summed E-state index contributed by atoms with van der Waals surface area (Å²) in [5, 5.41) is 0. The highest BCUT2D eigenvalue weighted by molar-refractivity contribution is 5.81. The molecular weight excluding hydrogens is 331 g/mol. The van der Waals surface area contributed by atoms with E-state index in [2.05, 4.69) is 4.90 Å². The van der Waals surface area contributed by atoms with Crippen molar-refractivity contribution >= 4 is 11.6 Å². The number of ether oxygens (including phenoxy) is 1. The molecule has 0 radical (unpaired) electrons. The number of benzene rings is 2. The van der Waals surface area contributed by atoms with E-state index in [9.17, 15) is 9.18 Å². The van der Waals surface area contributed by atoms with Gasteiger partial charge in [-0.3, -0.25) is 4.79 Å². The van der Waals surface area contributed by atoms with Crippen LogP contribution in [0.15, 0.2) is 42.5 Å². The summed E-state index contributed by atoms with van der Waals surface area (Å²) in [6.45, 7) is 8.61. The highest BCUT2D eigenvalue weighted by atomic mass is 19.1. The van der Waals surface area contributed by atoms with Crippen molar-refractivity contribution in [2.45, 2.75) is 26.9 Å². The largest absolute Gasteiger partial charge is 0.481 e. The number of amides is 1. The average Bonchev–Trinajstić information content (AvgIpc) is 2.65. The van der Waals surface area contributed by atoms with Gasteiger partial charge in [-0.05, 0) is 68.3 Å². The zero-order valence-corrected chi connectivity index (χ0v) is 15.5. The monoisotopic (exact) mass is 356 g/mol. The topological polar surface area (TPSA) is 32.8 Å². The molecule has 1 heterocycles. The Morgan fingerprint density at radius 3 is 2.27 bits per heavy atom. The Morgan fingerprint density at radius 1 is 1.00 bits per heavy atom. The van der Waals surface area contributed by atoms with Gasteiger partial charge in [0, 0.05) is 31.9 Å². The molecule has 26 heavy (non-hydrogen) atoms. The van der Waals surface area contributed by atoms with Crippen LogP contribution in [-0.2, 0) is 4.79 Å². The predicted octanol–water partition coefficient (Wildman–Crippen LogP) is 3.56. The summed E-state index contributed by atoms with van der Waals surface area (Å²) in [4.78, 5) is 16.7. The van der Waals surface area contributed by atoms with E-state index >= 15 is 0 Å². The molecule has 0 spiro atoms. The smallest absolute Gasteiger partial charge is 0.263 e. The highest BCUT2D eigenvalue weighted by Gasteiger charge is 2.26. The van der Waals surface area contributed by atoms with Gasteiger partial charge in [0.25, 0.3) is 5.91 Å². The SMILES string of the molecule is Cc1ccc(OC(C)C(=O)N2CCN(c3ccc(F)cc3)CC2)cc1C. The third-order valence-corrected chi connectivity index (χ3v) is 4.92. The van der Waals surface area contributed by atoms with Crippen LogP contribution < -0.4 is 9.64 Å². The van der Waals surface area contributed by atoms with Crippen LogP contribution in [0.2, 0.25) is 0 Å². The second kappa shape index (κ2) is 7.77. The molecule has 1 amide bonds. The fourth-order valence-corrected chi connectivity index (χ4v) is 3.14. The lowest BCUT2D eigenvalue weighted by Crippen LogP contribution is -2.52. The molecule has 1 saturated heterocycles. The van der Waals surface area contributed by atoms with E-state index in [1.54, 1.807) is 19.1 Å². The summed E-state index contributed by atoms with van der Waals surface area (Å²) in [7, 11) is 0. The number of halogens is 1. The predicted molar refractivity (Wildman–Crippen MR) is 101 cm³/mol. The zero-order chi connectivity index (χ0) is 18.7. The summed E-state index contributed by atoms with van der Waals surface area (Å²) in [5.74, 6) is 0.487. The number of hydrogen-bond acceptors (Lipinski definition) is 3. The van der Waals surface area contributed by atoms with Gasteiger partial charge >= 0.3 is 0 Å². The van der Waals surface area contributed by atoms with Crippen LogP contribution in [0.1, 0.15) is 18.1 Å². The third kappa shape index (κ3) is 4.15. The summed E-state index contributed by atoms with van der Waals surface area (Å²) in [6, 6.07) is 12.3. The molecule has 2 aromatic carbocycles. The first-order valence-electron chi connectivity index (χ1n) is 8.97. The maximum atomic E-state index is 13.1. The Balaban J connectivity index is 1.55. The van der Waals surface area contributed by atoms with E-state index in [4.69, 9.17) is 4.74 Å². The molecule has 0 aromatic heterocycles. The number of aryl methyl sites for hydroxylation is 2. The van der Waals surface area contributed by atoms with Gasteiger partial charge in [0.2, 0.25) is 0 Å². The first kappa shape index (κ1) is 18.2. The average molecular weight is 356 g/mol. The van der Waals surface area contributed by atoms with Crippen molar-refractivity contribution in [1.82, 2.24) is 4.90 Å². The molecule has 1 unspecified atom stereocenters. The first-order chi connectivity index (χ1) is 12.4. The third-order valence-electron chi connectivity index (χ3n) is 4.92. The van der Waals surface area contributed by atoms with Crippen molar-refractivity contribution in [1.29, 1.82) is 0 Å². The standard InChI is InChI=1S/C21H25FN2O2/c1-15-4-9-20(14-16(15)2)26-17(3)21(25)24-12-10-23(11-13-24)19-7-5-18(22)6-8-19/h4-9,14,17H,10-13H2,1-3H3. The number of carbonyl (C=O) groups excluding carboxylic acids is 1. The van der Waals surface area contributed by atoms with Crippen LogP contribution in [-0.4, -0.2) is 43.1 Å². The number of piperazine rings is 1. The van der Waals surface area contributed by atoms with Crippen LogP contribution in [0.3, 0.4) is 0 Å². The van der Waals surface area contributed by atoms with Crippen molar-refractivity contribution in [2.75, 3.05) is 31.1 Å². The minimum atomic E-state index is -0.519. The van der Waals surface area contributed by atoms with Crippen molar-refractivity contribution in [3.8, 4) is 5.75 Å². The van der Waals surface area contributed by atoms with Gasteiger partial charge in [-0.25, -0.2) is 4.39 Å². The molecule has 1 fully saturated rings. The van der Waals surface area contributed by atoms with E-state index in [1.165, 1.54) is 17.7 Å². The fraction of sp³-hybridized carbons (Fsp3) is 0.381. The second-order valence-electron chi connectivity index (χ2n) is 6.79. The molecule has 4 nitrogen and oxygen atoms in total. The second-order valence-corrected chi connectivity index (χ2v) is 6.79. The van der Waals surface area contributed by atoms with Crippen molar-refractivity contribution in [3.63, 3.8) is 0 Å². The lowest BCUT2D eigenvalue weighted by Gasteiger charge is -2.37. The molecule has 2 aromatic rings. The molecule has 0 saturated carbocycles. The van der Waals surface area contributed by atoms with E-state index in [1.807, 2.05) is 36.9 Å². The van der Waals surface area contributed by atoms with Crippen LogP contribution in [0.4, 0.5) is 10.1 Å². The van der Waals surface area contributed by atoms with Gasteiger partial charge in [0.15, 0.2) is 6.10 Å². The summed E-state index contributed by atoms with van der Waals surface area (Å²) in [6.07, 6.45) is -0.519. The van der Waals surface area contributed by atoms with Gasteiger partial charge in [0.05, 0.1) is 0 Å². The van der Waals surface area contributed by atoms with Crippen LogP contribution in [0, 0.1) is 19.7 Å². The van der Waals surface area contributed by atoms with Crippen LogP contribution >= 0.6 is 0 Å². The lowest BCUT2D eigenvalue weighted by molar-refractivity contribution is -0.138. The normalized spacial score (nSPS) is 15.7. The van der Waals surface area contributed by atoms with E-state index < -0.39 is 6.10 Å². The zero-order valence-electron chi connectivity index (χ0n) is 15.5. The molecule has 5 heteroatoms. The summed E-state index contributed by atoms with van der Waals surface area (Å²) in [5.41, 5.74) is 3.33. The van der Waals surface area contributed by atoms with E-state index in [-0.39, 0.29) is 11.7 Å². The summed E-state index contributed by atoms with van der Waals surface area (Å²) >= 11 is 0. The maximum Gasteiger partial charge on any atom is 0.263 e. The molecule has 3 rings (SSSR count). The molecule has 138 valence electrons. The van der Waals surface area contributed by atoms with Crippen LogP contribution in [0.5, 0.6) is 5.75 Å². The fourth-order valence-electron chi connectivity index (χ4n) is 3.14. The minimum absolute atomic E-state index is 0.00184. The van der Waals surface area contributed by atoms with E-state index in [0.29, 0.717) is 13.1 Å². The van der Waals surface area contributed by atoms with Crippen molar-refractivity contribution in [2.24, 2.45) is 0 Å². The quantitative estimate of drug-likeness (QED) is 0.840. The molecule has 1 aliphatic heterocycles. The molecule has 0 N–H and O–H groups in total. The van der Waals surface area contributed by atoms with Gasteiger partial charge < -0.3 is 14.5 Å². The van der Waals surface area contributed by atoms with Crippen molar-refractivity contribution in [3.05, 3.63) is 59.4 Å². The Morgan fingerprint density at radius 2 is 1.65 bits per heavy atom. The van der Waals surface area contributed by atoms with Gasteiger partial charge in [0.1, 0.15) is 11.6 Å².